The zero-order valence-corrected chi connectivity index (χ0v) is 27.9. The van der Waals surface area contributed by atoms with Crippen LogP contribution in [0.4, 0.5) is 34.1 Å². The number of hydrogen-bond donors (Lipinski definition) is 0. The summed E-state index contributed by atoms with van der Waals surface area (Å²) in [5.74, 6) is 2.69. The molecule has 232 valence electrons. The molecule has 4 aliphatic carbocycles. The highest BCUT2D eigenvalue weighted by atomic mass is 15.2. The lowest BCUT2D eigenvalue weighted by atomic mass is 9.33. The molecular formula is C44H43BN2. The first kappa shape index (κ1) is 27.8. The predicted molar refractivity (Wildman–Crippen MR) is 199 cm³/mol. The second-order valence-corrected chi connectivity index (χ2v) is 16.5. The molecule has 4 bridgehead atoms. The van der Waals surface area contributed by atoms with Crippen molar-refractivity contribution in [2.75, 3.05) is 9.80 Å². The first-order chi connectivity index (χ1) is 22.9. The Hall–Kier alpha value is -4.24. The summed E-state index contributed by atoms with van der Waals surface area (Å²) in [5.41, 5.74) is 15.4. The average molecular weight is 611 g/mol. The van der Waals surface area contributed by atoms with Crippen molar-refractivity contribution in [3.05, 3.63) is 126 Å². The van der Waals surface area contributed by atoms with E-state index < -0.39 is 0 Å². The van der Waals surface area contributed by atoms with E-state index in [1.165, 1.54) is 94.6 Å². The van der Waals surface area contributed by atoms with Crippen molar-refractivity contribution in [2.45, 2.75) is 70.1 Å². The van der Waals surface area contributed by atoms with Gasteiger partial charge >= 0.3 is 0 Å². The summed E-state index contributed by atoms with van der Waals surface area (Å²) >= 11 is 0. The standard InChI is InChI=1S/C44H43BN2/c1-43(2,3)32-12-11-15-35(23-32)47-39-19-10-8-17-37(39)45-36-16-7-9-18-38(36)46(34-13-5-4-6-14-34)40-24-33(25-41(47)42(40)45)44-26-29-20-30(27-44)22-31(21-29)28-44/h4-19,23-25,29-31H,20-22,26-28H2,1-3H3. The second kappa shape index (κ2) is 9.89. The van der Waals surface area contributed by atoms with Gasteiger partial charge in [0.25, 0.3) is 6.71 Å². The van der Waals surface area contributed by atoms with E-state index in [0.29, 0.717) is 0 Å². The number of hydrogen-bond acceptors (Lipinski definition) is 2. The Kier molecular flexibility index (Phi) is 5.86. The normalized spacial score (nSPS) is 25.0. The quantitative estimate of drug-likeness (QED) is 0.184. The van der Waals surface area contributed by atoms with E-state index in [2.05, 4.69) is 146 Å². The van der Waals surface area contributed by atoms with Gasteiger partial charge in [0.15, 0.2) is 0 Å². The smallest absolute Gasteiger partial charge is 0.252 e. The number of benzene rings is 5. The van der Waals surface area contributed by atoms with Gasteiger partial charge in [-0.2, -0.15) is 0 Å². The van der Waals surface area contributed by atoms with Crippen LogP contribution in [0.2, 0.25) is 0 Å². The Bertz CT molecular complexity index is 2000. The van der Waals surface area contributed by atoms with Crippen molar-refractivity contribution < 1.29 is 0 Å². The lowest BCUT2D eigenvalue weighted by molar-refractivity contribution is -0.00514. The first-order valence-corrected chi connectivity index (χ1v) is 18.0. The molecule has 4 saturated carbocycles. The molecule has 4 fully saturated rings. The molecule has 2 heterocycles. The van der Waals surface area contributed by atoms with Gasteiger partial charge < -0.3 is 9.80 Å². The van der Waals surface area contributed by atoms with Crippen LogP contribution >= 0.6 is 0 Å². The highest BCUT2D eigenvalue weighted by molar-refractivity contribution is 7.00. The Morgan fingerprint density at radius 2 is 1.06 bits per heavy atom. The molecule has 2 nitrogen and oxygen atoms in total. The molecule has 0 saturated heterocycles. The SMILES string of the molecule is CC(C)(C)c1cccc(N2c3ccccc3B3c4ccccc4N(c4ccccc4)c4cc(C56CC7CC(CC(C7)C5)C6)cc2c43)c1. The van der Waals surface area contributed by atoms with Crippen LogP contribution in [-0.4, -0.2) is 6.71 Å². The largest absolute Gasteiger partial charge is 0.311 e. The fourth-order valence-corrected chi connectivity index (χ4v) is 10.9. The van der Waals surface area contributed by atoms with Crippen LogP contribution in [0.1, 0.15) is 70.4 Å². The number of nitrogens with zero attached hydrogens (tertiary/aromatic N) is 2. The zero-order valence-electron chi connectivity index (χ0n) is 27.9. The minimum atomic E-state index is 0.0668. The van der Waals surface area contributed by atoms with E-state index in [-0.39, 0.29) is 17.5 Å². The lowest BCUT2D eigenvalue weighted by Crippen LogP contribution is -2.61. The highest BCUT2D eigenvalue weighted by Crippen LogP contribution is 2.61. The van der Waals surface area contributed by atoms with Crippen LogP contribution < -0.4 is 26.2 Å². The molecule has 0 spiro atoms. The molecule has 0 radical (unpaired) electrons. The van der Waals surface area contributed by atoms with Gasteiger partial charge in [0, 0.05) is 34.1 Å². The second-order valence-electron chi connectivity index (χ2n) is 16.5. The number of anilines is 6. The Labute approximate surface area is 280 Å². The van der Waals surface area contributed by atoms with Gasteiger partial charge in [-0.3, -0.25) is 0 Å². The highest BCUT2D eigenvalue weighted by Gasteiger charge is 2.53. The van der Waals surface area contributed by atoms with Crippen LogP contribution in [0.5, 0.6) is 0 Å². The molecular weight excluding hydrogens is 567 g/mol. The van der Waals surface area contributed by atoms with Gasteiger partial charge in [-0.1, -0.05) is 87.5 Å². The molecule has 0 unspecified atom stereocenters. The minimum Gasteiger partial charge on any atom is -0.311 e. The predicted octanol–water partition coefficient (Wildman–Crippen LogP) is 9.53. The summed E-state index contributed by atoms with van der Waals surface area (Å²) in [6.07, 6.45) is 8.46. The molecule has 0 aromatic heterocycles. The van der Waals surface area contributed by atoms with Gasteiger partial charge in [0.05, 0.1) is 0 Å². The lowest BCUT2D eigenvalue weighted by Gasteiger charge is -2.57. The first-order valence-electron chi connectivity index (χ1n) is 18.0. The van der Waals surface area contributed by atoms with Gasteiger partial charge in [-0.25, -0.2) is 0 Å². The number of rotatable bonds is 3. The monoisotopic (exact) mass is 610 g/mol. The molecule has 47 heavy (non-hydrogen) atoms. The molecule has 0 atom stereocenters. The van der Waals surface area contributed by atoms with Crippen LogP contribution in [-0.2, 0) is 10.8 Å². The summed E-state index contributed by atoms with van der Waals surface area (Å²) in [5, 5.41) is 0. The maximum absolute atomic E-state index is 2.68. The van der Waals surface area contributed by atoms with Crippen molar-refractivity contribution >= 4 is 57.2 Å². The molecule has 5 aromatic rings. The fourth-order valence-electron chi connectivity index (χ4n) is 10.9. The third-order valence-electron chi connectivity index (χ3n) is 12.5. The molecule has 3 heteroatoms. The Morgan fingerprint density at radius 3 is 1.64 bits per heavy atom. The third kappa shape index (κ3) is 4.11. The zero-order chi connectivity index (χ0) is 31.5. The van der Waals surface area contributed by atoms with E-state index in [1.54, 1.807) is 5.56 Å². The van der Waals surface area contributed by atoms with Gasteiger partial charge in [0.1, 0.15) is 0 Å². The van der Waals surface area contributed by atoms with Crippen molar-refractivity contribution in [3.8, 4) is 0 Å². The van der Waals surface area contributed by atoms with Crippen molar-refractivity contribution in [1.29, 1.82) is 0 Å². The molecule has 6 aliphatic rings. The van der Waals surface area contributed by atoms with Crippen LogP contribution in [0.15, 0.2) is 115 Å². The van der Waals surface area contributed by atoms with Crippen molar-refractivity contribution in [2.24, 2.45) is 17.8 Å². The van der Waals surface area contributed by atoms with E-state index in [0.717, 1.165) is 17.8 Å². The van der Waals surface area contributed by atoms with E-state index in [1.807, 2.05) is 0 Å². The molecule has 0 N–H and O–H groups in total. The molecule has 11 rings (SSSR count). The minimum absolute atomic E-state index is 0.0668. The van der Waals surface area contributed by atoms with Gasteiger partial charge in [-0.05, 0) is 143 Å². The van der Waals surface area contributed by atoms with Crippen molar-refractivity contribution in [1.82, 2.24) is 0 Å². The molecule has 0 amide bonds. The topological polar surface area (TPSA) is 6.48 Å². The maximum Gasteiger partial charge on any atom is 0.252 e. The van der Waals surface area contributed by atoms with Gasteiger partial charge in [-0.15, -0.1) is 0 Å². The summed E-state index contributed by atoms with van der Waals surface area (Å²) in [6.45, 7) is 7.17. The molecule has 5 aromatic carbocycles. The van der Waals surface area contributed by atoms with Crippen molar-refractivity contribution in [3.63, 3.8) is 0 Å². The third-order valence-corrected chi connectivity index (χ3v) is 12.5. The Morgan fingerprint density at radius 1 is 0.553 bits per heavy atom. The fraction of sp³-hybridized carbons (Fsp3) is 0.318. The maximum atomic E-state index is 2.68. The summed E-state index contributed by atoms with van der Waals surface area (Å²) in [6, 6.07) is 44.2. The number of para-hydroxylation sites is 3. The van der Waals surface area contributed by atoms with Gasteiger partial charge in [0.2, 0.25) is 0 Å². The van der Waals surface area contributed by atoms with E-state index >= 15 is 0 Å². The van der Waals surface area contributed by atoms with Crippen LogP contribution in [0.3, 0.4) is 0 Å². The average Bonchev–Trinajstić information content (AvgIpc) is 3.07. The van der Waals surface area contributed by atoms with Crippen LogP contribution in [0.25, 0.3) is 0 Å². The Balaban J connectivity index is 1.29. The number of fused-ring (bicyclic) bond motifs is 4. The van der Waals surface area contributed by atoms with E-state index in [9.17, 15) is 0 Å². The summed E-state index contributed by atoms with van der Waals surface area (Å²) < 4.78 is 0. The summed E-state index contributed by atoms with van der Waals surface area (Å²) in [4.78, 5) is 5.22. The van der Waals surface area contributed by atoms with Crippen LogP contribution in [0, 0.1) is 17.8 Å². The summed E-state index contributed by atoms with van der Waals surface area (Å²) in [7, 11) is 0. The molecule has 2 aliphatic heterocycles. The van der Waals surface area contributed by atoms with E-state index in [4.69, 9.17) is 0 Å².